The molecule has 0 spiro atoms. The fourth-order valence-corrected chi connectivity index (χ4v) is 2.24. The Morgan fingerprint density at radius 1 is 1.12 bits per heavy atom. The van der Waals surface area contributed by atoms with E-state index in [0.717, 1.165) is 12.3 Å². The number of aliphatic hydroxyl groups excluding tert-OH is 1. The number of aliphatic hydroxyl groups is 1. The lowest BCUT2D eigenvalue weighted by atomic mass is 9.92. The maximum atomic E-state index is 8.61. The standard InChI is InChI=1S/C14H21NO2/c16-9-7-15-8-10-17-14-6-5-12-3-1-2-4-13(12)11-14/h5-6,11,15-16H,1-4,7-10H2. The van der Waals surface area contributed by atoms with Crippen LogP contribution >= 0.6 is 0 Å². The summed E-state index contributed by atoms with van der Waals surface area (Å²) in [5, 5.41) is 11.7. The van der Waals surface area contributed by atoms with Gasteiger partial charge in [-0.1, -0.05) is 6.07 Å². The molecular weight excluding hydrogens is 214 g/mol. The van der Waals surface area contributed by atoms with Crippen molar-refractivity contribution in [3.63, 3.8) is 0 Å². The van der Waals surface area contributed by atoms with E-state index in [4.69, 9.17) is 9.84 Å². The number of benzene rings is 1. The predicted octanol–water partition coefficient (Wildman–Crippen LogP) is 1.53. The van der Waals surface area contributed by atoms with Crippen LogP contribution in [0.25, 0.3) is 0 Å². The number of nitrogens with one attached hydrogen (secondary N) is 1. The topological polar surface area (TPSA) is 41.5 Å². The minimum absolute atomic E-state index is 0.179. The van der Waals surface area contributed by atoms with Crippen molar-refractivity contribution in [1.29, 1.82) is 0 Å². The van der Waals surface area contributed by atoms with Gasteiger partial charge < -0.3 is 15.2 Å². The van der Waals surface area contributed by atoms with Crippen LogP contribution in [0.5, 0.6) is 5.75 Å². The van der Waals surface area contributed by atoms with Crippen LogP contribution in [-0.4, -0.2) is 31.4 Å². The lowest BCUT2D eigenvalue weighted by molar-refractivity contribution is 0.276. The van der Waals surface area contributed by atoms with Gasteiger partial charge >= 0.3 is 0 Å². The highest BCUT2D eigenvalue weighted by molar-refractivity contribution is 5.37. The summed E-state index contributed by atoms with van der Waals surface area (Å²) in [6.45, 7) is 2.24. The van der Waals surface area contributed by atoms with E-state index in [1.807, 2.05) is 0 Å². The second kappa shape index (κ2) is 6.62. The second-order valence-corrected chi connectivity index (χ2v) is 4.46. The zero-order valence-electron chi connectivity index (χ0n) is 10.2. The average molecular weight is 235 g/mol. The molecule has 2 N–H and O–H groups in total. The first-order chi connectivity index (χ1) is 8.40. The first kappa shape index (κ1) is 12.4. The van der Waals surface area contributed by atoms with Crippen molar-refractivity contribution in [3.05, 3.63) is 29.3 Å². The Kier molecular flexibility index (Phi) is 4.83. The van der Waals surface area contributed by atoms with Crippen molar-refractivity contribution in [2.45, 2.75) is 25.7 Å². The second-order valence-electron chi connectivity index (χ2n) is 4.46. The van der Waals surface area contributed by atoms with Crippen LogP contribution in [0.4, 0.5) is 0 Å². The molecule has 17 heavy (non-hydrogen) atoms. The number of aryl methyl sites for hydroxylation is 2. The number of fused-ring (bicyclic) bond motifs is 1. The Labute approximate surface area is 103 Å². The molecular formula is C14H21NO2. The van der Waals surface area contributed by atoms with Crippen LogP contribution in [0.1, 0.15) is 24.0 Å². The summed E-state index contributed by atoms with van der Waals surface area (Å²) >= 11 is 0. The third-order valence-corrected chi connectivity index (χ3v) is 3.16. The molecule has 0 aliphatic heterocycles. The molecule has 0 atom stereocenters. The van der Waals surface area contributed by atoms with Crippen LogP contribution in [0, 0.1) is 0 Å². The summed E-state index contributed by atoms with van der Waals surface area (Å²) in [6.07, 6.45) is 5.02. The van der Waals surface area contributed by atoms with Gasteiger partial charge in [-0.15, -0.1) is 0 Å². The van der Waals surface area contributed by atoms with Crippen molar-refractivity contribution in [2.75, 3.05) is 26.3 Å². The normalized spacial score (nSPS) is 14.4. The smallest absolute Gasteiger partial charge is 0.119 e. The van der Waals surface area contributed by atoms with Gasteiger partial charge in [-0.25, -0.2) is 0 Å². The quantitative estimate of drug-likeness (QED) is 0.735. The Morgan fingerprint density at radius 2 is 1.94 bits per heavy atom. The van der Waals surface area contributed by atoms with Gasteiger partial charge in [0.05, 0.1) is 6.61 Å². The van der Waals surface area contributed by atoms with E-state index in [1.165, 1.54) is 36.8 Å². The third-order valence-electron chi connectivity index (χ3n) is 3.16. The van der Waals surface area contributed by atoms with Gasteiger partial charge in [0.2, 0.25) is 0 Å². The average Bonchev–Trinajstić information content (AvgIpc) is 2.38. The molecule has 3 heteroatoms. The lowest BCUT2D eigenvalue weighted by Crippen LogP contribution is -2.24. The molecule has 1 aromatic rings. The molecule has 0 radical (unpaired) electrons. The fourth-order valence-electron chi connectivity index (χ4n) is 2.24. The van der Waals surface area contributed by atoms with Gasteiger partial charge in [0.1, 0.15) is 12.4 Å². The molecule has 1 aliphatic carbocycles. The first-order valence-electron chi connectivity index (χ1n) is 6.46. The molecule has 0 bridgehead atoms. The van der Waals surface area contributed by atoms with Crippen LogP contribution in [0.15, 0.2) is 18.2 Å². The SMILES string of the molecule is OCCNCCOc1ccc2c(c1)CCCC2. The van der Waals surface area contributed by atoms with Crippen molar-refractivity contribution in [3.8, 4) is 5.75 Å². The highest BCUT2D eigenvalue weighted by Gasteiger charge is 2.09. The zero-order valence-corrected chi connectivity index (χ0v) is 10.2. The van der Waals surface area contributed by atoms with E-state index in [9.17, 15) is 0 Å². The molecule has 0 heterocycles. The van der Waals surface area contributed by atoms with Crippen LogP contribution in [-0.2, 0) is 12.8 Å². The minimum atomic E-state index is 0.179. The molecule has 0 fully saturated rings. The number of hydrogen-bond acceptors (Lipinski definition) is 3. The summed E-state index contributed by atoms with van der Waals surface area (Å²) in [7, 11) is 0. The maximum absolute atomic E-state index is 8.61. The Hall–Kier alpha value is -1.06. The van der Waals surface area contributed by atoms with Gasteiger partial charge in [0, 0.05) is 13.1 Å². The molecule has 1 aromatic carbocycles. The Bertz CT molecular complexity index is 352. The van der Waals surface area contributed by atoms with E-state index in [1.54, 1.807) is 0 Å². The third kappa shape index (κ3) is 3.72. The molecule has 94 valence electrons. The van der Waals surface area contributed by atoms with E-state index < -0.39 is 0 Å². The van der Waals surface area contributed by atoms with Crippen LogP contribution in [0.3, 0.4) is 0 Å². The summed E-state index contributed by atoms with van der Waals surface area (Å²) < 4.78 is 5.67. The molecule has 0 unspecified atom stereocenters. The fraction of sp³-hybridized carbons (Fsp3) is 0.571. The van der Waals surface area contributed by atoms with E-state index in [-0.39, 0.29) is 6.61 Å². The van der Waals surface area contributed by atoms with E-state index in [0.29, 0.717) is 13.2 Å². The molecule has 3 nitrogen and oxygen atoms in total. The van der Waals surface area contributed by atoms with Crippen molar-refractivity contribution < 1.29 is 9.84 Å². The van der Waals surface area contributed by atoms with Gasteiger partial charge in [-0.2, -0.15) is 0 Å². The van der Waals surface area contributed by atoms with Crippen molar-refractivity contribution >= 4 is 0 Å². The summed E-state index contributed by atoms with van der Waals surface area (Å²) in [4.78, 5) is 0. The first-order valence-corrected chi connectivity index (χ1v) is 6.46. The number of rotatable bonds is 6. The zero-order chi connectivity index (χ0) is 11.9. The molecule has 2 rings (SSSR count). The summed E-state index contributed by atoms with van der Waals surface area (Å²) in [6, 6.07) is 6.45. The molecule has 0 saturated carbocycles. The highest BCUT2D eigenvalue weighted by Crippen LogP contribution is 2.25. The van der Waals surface area contributed by atoms with E-state index in [2.05, 4.69) is 23.5 Å². The number of ether oxygens (including phenoxy) is 1. The monoisotopic (exact) mass is 235 g/mol. The number of hydrogen-bond donors (Lipinski definition) is 2. The lowest BCUT2D eigenvalue weighted by Gasteiger charge is -2.16. The van der Waals surface area contributed by atoms with Crippen LogP contribution < -0.4 is 10.1 Å². The van der Waals surface area contributed by atoms with Gasteiger partial charge in [0.15, 0.2) is 0 Å². The largest absolute Gasteiger partial charge is 0.492 e. The molecule has 1 aliphatic rings. The van der Waals surface area contributed by atoms with Crippen molar-refractivity contribution in [1.82, 2.24) is 5.32 Å². The molecule has 0 aromatic heterocycles. The molecule has 0 amide bonds. The summed E-state index contributed by atoms with van der Waals surface area (Å²) in [5.74, 6) is 0.969. The highest BCUT2D eigenvalue weighted by atomic mass is 16.5. The predicted molar refractivity (Wildman–Crippen MR) is 68.5 cm³/mol. The van der Waals surface area contributed by atoms with Gasteiger partial charge in [-0.05, 0) is 48.9 Å². The van der Waals surface area contributed by atoms with Gasteiger partial charge in [-0.3, -0.25) is 0 Å². The summed E-state index contributed by atoms with van der Waals surface area (Å²) in [5.41, 5.74) is 2.94. The van der Waals surface area contributed by atoms with Gasteiger partial charge in [0.25, 0.3) is 0 Å². The van der Waals surface area contributed by atoms with Crippen molar-refractivity contribution in [2.24, 2.45) is 0 Å². The molecule has 0 saturated heterocycles. The van der Waals surface area contributed by atoms with Crippen LogP contribution in [0.2, 0.25) is 0 Å². The minimum Gasteiger partial charge on any atom is -0.492 e. The Morgan fingerprint density at radius 3 is 2.76 bits per heavy atom. The van der Waals surface area contributed by atoms with E-state index >= 15 is 0 Å². The maximum Gasteiger partial charge on any atom is 0.119 e. The Balaban J connectivity index is 1.81.